The van der Waals surface area contributed by atoms with Crippen LogP contribution in [0, 0.1) is 24.0 Å². The number of benzene rings is 1. The van der Waals surface area contributed by atoms with Crippen LogP contribution in [0.3, 0.4) is 0 Å². The van der Waals surface area contributed by atoms with Crippen LogP contribution >= 0.6 is 11.3 Å². The van der Waals surface area contributed by atoms with E-state index < -0.39 is 10.9 Å². The lowest BCUT2D eigenvalue weighted by Crippen LogP contribution is -2.14. The molecule has 0 bridgehead atoms. The van der Waals surface area contributed by atoms with Crippen molar-refractivity contribution >= 4 is 28.0 Å². The van der Waals surface area contributed by atoms with Crippen molar-refractivity contribution in [2.24, 2.45) is 0 Å². The van der Waals surface area contributed by atoms with E-state index in [9.17, 15) is 19.7 Å². The van der Waals surface area contributed by atoms with Crippen molar-refractivity contribution in [3.05, 3.63) is 66.6 Å². The highest BCUT2D eigenvalue weighted by Gasteiger charge is 2.17. The third kappa shape index (κ3) is 3.38. The van der Waals surface area contributed by atoms with Gasteiger partial charge >= 0.3 is 5.97 Å². The smallest absolute Gasteiger partial charge is 0.338 e. The summed E-state index contributed by atoms with van der Waals surface area (Å²) in [5, 5.41) is 15.4. The average Bonchev–Trinajstić information content (AvgIpc) is 2.96. The van der Waals surface area contributed by atoms with E-state index in [0.29, 0.717) is 21.2 Å². The van der Waals surface area contributed by atoms with Gasteiger partial charge in [-0.3, -0.25) is 14.9 Å². The molecule has 2 heterocycles. The second-order valence-electron chi connectivity index (χ2n) is 5.26. The standard InChI is InChI=1S/C15H12N4O5S/c1-8-3-4-10(6-11(8)19(22)23)14(21)24-7-12-17-18-13(20)5-9(2)16-15(18)25-12/h3-6H,7H2,1-2H3. The van der Waals surface area contributed by atoms with E-state index in [1.165, 1.54) is 24.3 Å². The lowest BCUT2D eigenvalue weighted by molar-refractivity contribution is -0.385. The zero-order chi connectivity index (χ0) is 18.1. The maximum atomic E-state index is 12.1. The van der Waals surface area contributed by atoms with Crippen LogP contribution in [0.2, 0.25) is 0 Å². The molecule has 0 N–H and O–H groups in total. The molecule has 3 aromatic rings. The molecular formula is C15H12N4O5S. The van der Waals surface area contributed by atoms with Gasteiger partial charge in [-0.15, -0.1) is 0 Å². The van der Waals surface area contributed by atoms with E-state index in [1.807, 2.05) is 0 Å². The molecular weight excluding hydrogens is 348 g/mol. The van der Waals surface area contributed by atoms with E-state index in [0.717, 1.165) is 15.9 Å². The molecule has 0 aliphatic carbocycles. The van der Waals surface area contributed by atoms with Gasteiger partial charge in [0.05, 0.1) is 10.5 Å². The molecule has 3 rings (SSSR count). The third-order valence-corrected chi connectivity index (χ3v) is 4.27. The number of nitro groups is 1. The first-order valence-electron chi connectivity index (χ1n) is 7.14. The molecule has 0 unspecified atom stereocenters. The van der Waals surface area contributed by atoms with E-state index in [-0.39, 0.29) is 23.4 Å². The Balaban J connectivity index is 1.79. The number of hydrogen-bond donors (Lipinski definition) is 0. The minimum atomic E-state index is -0.709. The maximum Gasteiger partial charge on any atom is 0.338 e. The van der Waals surface area contributed by atoms with E-state index in [1.54, 1.807) is 13.8 Å². The van der Waals surface area contributed by atoms with Crippen molar-refractivity contribution in [3.63, 3.8) is 0 Å². The Morgan fingerprint density at radius 3 is 2.84 bits per heavy atom. The first-order chi connectivity index (χ1) is 11.8. The van der Waals surface area contributed by atoms with Crippen molar-refractivity contribution in [3.8, 4) is 0 Å². The van der Waals surface area contributed by atoms with Crippen molar-refractivity contribution in [2.75, 3.05) is 0 Å². The summed E-state index contributed by atoms with van der Waals surface area (Å²) in [5.74, 6) is -0.709. The Kier molecular flexibility index (Phi) is 4.28. The lowest BCUT2D eigenvalue weighted by Gasteiger charge is -2.03. The number of nitrogens with zero attached hydrogens (tertiary/aromatic N) is 4. The van der Waals surface area contributed by atoms with Gasteiger partial charge in [-0.2, -0.15) is 9.61 Å². The number of ether oxygens (including phenoxy) is 1. The first kappa shape index (κ1) is 16.7. The number of esters is 1. The highest BCUT2D eigenvalue weighted by atomic mass is 32.1. The number of aryl methyl sites for hydroxylation is 2. The molecule has 0 amide bonds. The molecule has 10 heteroatoms. The molecule has 25 heavy (non-hydrogen) atoms. The van der Waals surface area contributed by atoms with Crippen LogP contribution in [0.4, 0.5) is 5.69 Å². The fourth-order valence-corrected chi connectivity index (χ4v) is 3.02. The molecule has 9 nitrogen and oxygen atoms in total. The second kappa shape index (κ2) is 6.40. The second-order valence-corrected chi connectivity index (χ2v) is 6.30. The molecule has 0 radical (unpaired) electrons. The number of aromatic nitrogens is 3. The largest absolute Gasteiger partial charge is 0.455 e. The molecule has 0 aliphatic rings. The Labute approximate surface area is 144 Å². The van der Waals surface area contributed by atoms with Crippen LogP contribution < -0.4 is 5.56 Å². The van der Waals surface area contributed by atoms with Gasteiger partial charge < -0.3 is 4.74 Å². The van der Waals surface area contributed by atoms with E-state index in [4.69, 9.17) is 4.74 Å². The van der Waals surface area contributed by atoms with E-state index in [2.05, 4.69) is 10.1 Å². The fraction of sp³-hybridized carbons (Fsp3) is 0.200. The summed E-state index contributed by atoms with van der Waals surface area (Å²) in [7, 11) is 0. The molecule has 0 aliphatic heterocycles. The molecule has 0 fully saturated rings. The SMILES string of the molecule is Cc1cc(=O)n2nc(COC(=O)c3ccc(C)c([N+](=O)[O-])c3)sc2n1. The van der Waals surface area contributed by atoms with Gasteiger partial charge in [-0.05, 0) is 19.9 Å². The van der Waals surface area contributed by atoms with Gasteiger partial charge in [-0.25, -0.2) is 9.78 Å². The van der Waals surface area contributed by atoms with Crippen LogP contribution in [0.25, 0.3) is 4.96 Å². The Hall–Kier alpha value is -3.14. The van der Waals surface area contributed by atoms with Crippen LogP contribution in [0.1, 0.15) is 26.6 Å². The topological polar surface area (TPSA) is 117 Å². The van der Waals surface area contributed by atoms with Crippen LogP contribution in [0.15, 0.2) is 29.1 Å². The highest BCUT2D eigenvalue weighted by Crippen LogP contribution is 2.20. The molecule has 128 valence electrons. The quantitative estimate of drug-likeness (QED) is 0.397. The highest BCUT2D eigenvalue weighted by molar-refractivity contribution is 7.16. The van der Waals surface area contributed by atoms with Gasteiger partial charge in [-0.1, -0.05) is 17.4 Å². The average molecular weight is 360 g/mol. The Bertz CT molecular complexity index is 1060. The van der Waals surface area contributed by atoms with Gasteiger partial charge in [0, 0.05) is 23.4 Å². The van der Waals surface area contributed by atoms with Crippen LogP contribution in [0.5, 0.6) is 0 Å². The summed E-state index contributed by atoms with van der Waals surface area (Å²) in [6.07, 6.45) is 0. The molecule has 0 spiro atoms. The van der Waals surface area contributed by atoms with Crippen molar-refractivity contribution in [2.45, 2.75) is 20.5 Å². The number of hydrogen-bond acceptors (Lipinski definition) is 8. The summed E-state index contributed by atoms with van der Waals surface area (Å²) in [6.45, 7) is 3.12. The summed E-state index contributed by atoms with van der Waals surface area (Å²) < 4.78 is 6.27. The van der Waals surface area contributed by atoms with Crippen LogP contribution in [-0.2, 0) is 11.3 Å². The summed E-state index contributed by atoms with van der Waals surface area (Å²) in [4.78, 5) is 38.9. The van der Waals surface area contributed by atoms with Crippen molar-refractivity contribution in [1.82, 2.24) is 14.6 Å². The predicted molar refractivity (Wildman–Crippen MR) is 88.8 cm³/mol. The van der Waals surface area contributed by atoms with Crippen LogP contribution in [-0.4, -0.2) is 25.5 Å². The van der Waals surface area contributed by atoms with Gasteiger partial charge in [0.1, 0.15) is 6.61 Å². The number of carbonyl (C=O) groups excluding carboxylic acids is 1. The Morgan fingerprint density at radius 1 is 1.36 bits per heavy atom. The van der Waals surface area contributed by atoms with E-state index >= 15 is 0 Å². The molecule has 0 saturated heterocycles. The van der Waals surface area contributed by atoms with Crippen molar-refractivity contribution < 1.29 is 14.5 Å². The number of rotatable bonds is 4. The number of nitro benzene ring substituents is 1. The van der Waals surface area contributed by atoms with Gasteiger partial charge in [0.15, 0.2) is 5.01 Å². The normalized spacial score (nSPS) is 10.8. The zero-order valence-electron chi connectivity index (χ0n) is 13.3. The molecule has 2 aromatic heterocycles. The Morgan fingerprint density at radius 2 is 2.12 bits per heavy atom. The van der Waals surface area contributed by atoms with Gasteiger partial charge in [0.25, 0.3) is 11.2 Å². The number of carbonyl (C=O) groups is 1. The van der Waals surface area contributed by atoms with Gasteiger partial charge in [0.2, 0.25) is 4.96 Å². The zero-order valence-corrected chi connectivity index (χ0v) is 14.1. The molecule has 0 atom stereocenters. The summed E-state index contributed by atoms with van der Waals surface area (Å²) in [6, 6.07) is 5.47. The lowest BCUT2D eigenvalue weighted by atomic mass is 10.1. The minimum Gasteiger partial charge on any atom is -0.455 e. The summed E-state index contributed by atoms with van der Waals surface area (Å²) >= 11 is 1.13. The third-order valence-electron chi connectivity index (χ3n) is 3.38. The summed E-state index contributed by atoms with van der Waals surface area (Å²) in [5.41, 5.74) is 0.633. The first-order valence-corrected chi connectivity index (χ1v) is 7.95. The molecule has 0 saturated carbocycles. The monoisotopic (exact) mass is 360 g/mol. The maximum absolute atomic E-state index is 12.1. The fourth-order valence-electron chi connectivity index (χ4n) is 2.16. The molecule has 1 aromatic carbocycles. The van der Waals surface area contributed by atoms with Crippen molar-refractivity contribution in [1.29, 1.82) is 0 Å². The predicted octanol–water partition coefficient (Wildman–Crippen LogP) is 2.03. The number of fused-ring (bicyclic) bond motifs is 1. The minimum absolute atomic E-state index is 0.0737.